The van der Waals surface area contributed by atoms with Crippen molar-refractivity contribution in [3.63, 3.8) is 0 Å². The minimum atomic E-state index is 0. The lowest BCUT2D eigenvalue weighted by atomic mass is 9.88. The highest BCUT2D eigenvalue weighted by Crippen LogP contribution is 2.42. The van der Waals surface area contributed by atoms with E-state index < -0.39 is 0 Å². The van der Waals surface area contributed by atoms with E-state index in [2.05, 4.69) is 157 Å². The number of aromatic nitrogens is 3. The molecular weight excluding hydrogens is 753 g/mol. The van der Waals surface area contributed by atoms with Gasteiger partial charge in [-0.25, -0.2) is 15.0 Å². The van der Waals surface area contributed by atoms with Crippen LogP contribution in [0.4, 0.5) is 0 Å². The molecule has 0 atom stereocenters. The van der Waals surface area contributed by atoms with E-state index in [9.17, 15) is 5.11 Å². The summed E-state index contributed by atoms with van der Waals surface area (Å²) in [6.45, 7) is 6.42. The largest absolute Gasteiger partial charge is 0.508 e. The molecule has 1 aliphatic rings. The third kappa shape index (κ3) is 7.44. The first kappa shape index (κ1) is 39.9. The van der Waals surface area contributed by atoms with Crippen molar-refractivity contribution in [2.45, 2.75) is 27.2 Å². The van der Waals surface area contributed by atoms with Gasteiger partial charge in [-0.2, -0.15) is 0 Å². The van der Waals surface area contributed by atoms with Gasteiger partial charge < -0.3 is 5.11 Å². The van der Waals surface area contributed by atoms with Crippen molar-refractivity contribution >= 4 is 37.2 Å². The van der Waals surface area contributed by atoms with Crippen LogP contribution in [0, 0.1) is 20.8 Å². The van der Waals surface area contributed by atoms with E-state index in [0.717, 1.165) is 67.9 Å². The van der Waals surface area contributed by atoms with Crippen molar-refractivity contribution in [2.24, 2.45) is 0 Å². The molecule has 0 saturated carbocycles. The lowest BCUT2D eigenvalue weighted by Gasteiger charge is -2.16. The van der Waals surface area contributed by atoms with Gasteiger partial charge in [-0.3, -0.25) is 0 Å². The fourth-order valence-electron chi connectivity index (χ4n) is 7.87. The Hall–Kier alpha value is -5.78. The standard InChI is InChI=1S/C49H37N3O.3ClH/c1-30-23-44(33-15-17-34(18-16-33)47-13-6-7-22-50-47)45(24-31(30)2)37-25-36(26-38(53)27-37)40-10-5-4-9-39(40)35-19-21-48(51-29-35)42-12-8-11-41-43-20-14-32(3)52-49(43)28-46(41)42;;;/h4-27,29,53H,28H2,1-3H3;3*1H/p+3. The molecule has 0 fully saturated rings. The Morgan fingerprint density at radius 1 is 0.446 bits per heavy atom. The van der Waals surface area contributed by atoms with Crippen LogP contribution in [0.15, 0.2) is 152 Å². The fraction of sp³-hybridized carbons (Fsp3) is 0.0816. The lowest BCUT2D eigenvalue weighted by Crippen LogP contribution is -2.13. The molecule has 0 radical (unpaired) electrons. The van der Waals surface area contributed by atoms with E-state index in [4.69, 9.17) is 0 Å². The van der Waals surface area contributed by atoms with Gasteiger partial charge in [-0.15, -0.1) is 37.2 Å². The summed E-state index contributed by atoms with van der Waals surface area (Å²) in [5.41, 5.74) is 21.9. The molecule has 0 spiro atoms. The van der Waals surface area contributed by atoms with Crippen LogP contribution in [0.5, 0.6) is 5.75 Å². The molecule has 7 heteroatoms. The molecule has 278 valence electrons. The van der Waals surface area contributed by atoms with Gasteiger partial charge in [0.25, 0.3) is 0 Å². The summed E-state index contributed by atoms with van der Waals surface area (Å²) in [5.74, 6) is 0.236. The number of rotatable bonds is 6. The highest BCUT2D eigenvalue weighted by molar-refractivity contribution is 5.91. The molecule has 4 nitrogen and oxygen atoms in total. The quantitative estimate of drug-likeness (QED) is 0.179. The third-order valence-electron chi connectivity index (χ3n) is 10.7. The van der Waals surface area contributed by atoms with Gasteiger partial charge in [0.2, 0.25) is 11.4 Å². The SMILES string of the molecule is Cc1ccc2c([nH+]1)Cc1c(-c3ccc(-c4ccccc4-c4cc(O)cc(-c5cc(C)c(C)cc5-c5ccc(-c6cccc[nH+]6)cc5)c4)c[nH+]3)cccc1-2.Cl.Cl.Cl. The average Bonchev–Trinajstić information content (AvgIpc) is 3.57. The Labute approximate surface area is 346 Å². The predicted molar refractivity (Wildman–Crippen MR) is 235 cm³/mol. The molecule has 56 heavy (non-hydrogen) atoms. The van der Waals surface area contributed by atoms with Crippen molar-refractivity contribution < 1.29 is 20.1 Å². The van der Waals surface area contributed by atoms with Gasteiger partial charge in [0, 0.05) is 47.9 Å². The molecule has 3 heterocycles. The predicted octanol–water partition coefficient (Wildman–Crippen LogP) is 11.6. The second-order valence-corrected chi connectivity index (χ2v) is 14.2. The number of phenols is 1. The highest BCUT2D eigenvalue weighted by Gasteiger charge is 2.28. The summed E-state index contributed by atoms with van der Waals surface area (Å²) >= 11 is 0. The molecule has 4 N–H and O–H groups in total. The van der Waals surface area contributed by atoms with Crippen molar-refractivity contribution in [1.82, 2.24) is 0 Å². The van der Waals surface area contributed by atoms with Crippen molar-refractivity contribution in [3.8, 4) is 83.9 Å². The molecule has 0 bridgehead atoms. The summed E-state index contributed by atoms with van der Waals surface area (Å²) in [6, 6.07) is 49.1. The van der Waals surface area contributed by atoms with E-state index in [1.54, 1.807) is 0 Å². The second kappa shape index (κ2) is 16.5. The van der Waals surface area contributed by atoms with E-state index in [1.807, 2.05) is 30.5 Å². The van der Waals surface area contributed by atoms with Gasteiger partial charge in [0.15, 0.2) is 23.8 Å². The number of phenolic OH excluding ortho intramolecular Hbond substituents is 1. The molecule has 0 unspecified atom stereocenters. The highest BCUT2D eigenvalue weighted by atomic mass is 35.5. The molecule has 5 aromatic carbocycles. The van der Waals surface area contributed by atoms with Gasteiger partial charge in [-0.1, -0.05) is 60.7 Å². The number of benzene rings is 5. The molecular formula is C49H43Cl3N3O+3. The number of nitrogens with one attached hydrogen (secondary N) is 3. The summed E-state index contributed by atoms with van der Waals surface area (Å²) in [5, 5.41) is 11.2. The average molecular weight is 796 g/mol. The molecule has 0 aliphatic heterocycles. The number of halogens is 3. The molecule has 8 aromatic rings. The van der Waals surface area contributed by atoms with Crippen LogP contribution in [-0.2, 0) is 6.42 Å². The summed E-state index contributed by atoms with van der Waals surface area (Å²) in [4.78, 5) is 10.6. The zero-order valence-corrected chi connectivity index (χ0v) is 33.8. The number of pyridine rings is 3. The van der Waals surface area contributed by atoms with Crippen LogP contribution in [-0.4, -0.2) is 5.11 Å². The maximum Gasteiger partial charge on any atom is 0.211 e. The number of H-pyrrole nitrogens is 3. The summed E-state index contributed by atoms with van der Waals surface area (Å²) in [6.07, 6.45) is 4.94. The van der Waals surface area contributed by atoms with E-state index in [1.165, 1.54) is 44.8 Å². The molecule has 3 aromatic heterocycles. The zero-order valence-electron chi connectivity index (χ0n) is 31.3. The number of fused-ring (bicyclic) bond motifs is 3. The summed E-state index contributed by atoms with van der Waals surface area (Å²) < 4.78 is 0. The first-order chi connectivity index (χ1) is 25.9. The van der Waals surface area contributed by atoms with Crippen LogP contribution in [0.2, 0.25) is 0 Å². The number of aromatic hydroxyl groups is 1. The minimum absolute atomic E-state index is 0. The topological polar surface area (TPSA) is 62.7 Å². The van der Waals surface area contributed by atoms with Crippen molar-refractivity contribution in [1.29, 1.82) is 0 Å². The Bertz CT molecular complexity index is 2680. The summed E-state index contributed by atoms with van der Waals surface area (Å²) in [7, 11) is 0. The molecule has 1 aliphatic carbocycles. The van der Waals surface area contributed by atoms with Crippen LogP contribution in [0.1, 0.15) is 28.1 Å². The number of aromatic amines is 3. The normalized spacial score (nSPS) is 11.1. The van der Waals surface area contributed by atoms with Crippen molar-refractivity contribution in [3.05, 3.63) is 180 Å². The second-order valence-electron chi connectivity index (χ2n) is 14.2. The van der Waals surface area contributed by atoms with Crippen molar-refractivity contribution in [2.75, 3.05) is 0 Å². The monoisotopic (exact) mass is 794 g/mol. The Kier molecular flexibility index (Phi) is 11.8. The first-order valence-corrected chi connectivity index (χ1v) is 18.2. The number of hydrogen-bond donors (Lipinski definition) is 1. The minimum Gasteiger partial charge on any atom is -0.508 e. The zero-order chi connectivity index (χ0) is 36.1. The van der Waals surface area contributed by atoms with Gasteiger partial charge >= 0.3 is 0 Å². The van der Waals surface area contributed by atoms with Gasteiger partial charge in [-0.05, 0) is 130 Å². The maximum atomic E-state index is 11.2. The van der Waals surface area contributed by atoms with E-state index in [0.29, 0.717) is 0 Å². The smallest absolute Gasteiger partial charge is 0.211 e. The van der Waals surface area contributed by atoms with Crippen LogP contribution < -0.4 is 15.0 Å². The van der Waals surface area contributed by atoms with Gasteiger partial charge in [0.05, 0.1) is 12.0 Å². The molecule has 9 rings (SSSR count). The Morgan fingerprint density at radius 3 is 1.73 bits per heavy atom. The Balaban J connectivity index is 0.00000177. The first-order valence-electron chi connectivity index (χ1n) is 18.2. The molecule has 0 amide bonds. The van der Waals surface area contributed by atoms with Gasteiger partial charge in [0.1, 0.15) is 5.75 Å². The third-order valence-corrected chi connectivity index (χ3v) is 10.7. The Morgan fingerprint density at radius 2 is 1.05 bits per heavy atom. The van der Waals surface area contributed by atoms with Crippen LogP contribution in [0.25, 0.3) is 78.1 Å². The number of aryl methyl sites for hydroxylation is 3. The number of hydrogen-bond acceptors (Lipinski definition) is 1. The fourth-order valence-corrected chi connectivity index (χ4v) is 7.87. The van der Waals surface area contributed by atoms with Crippen LogP contribution >= 0.6 is 37.2 Å². The molecule has 0 saturated heterocycles. The van der Waals surface area contributed by atoms with E-state index in [-0.39, 0.29) is 43.0 Å². The van der Waals surface area contributed by atoms with E-state index >= 15 is 0 Å². The van der Waals surface area contributed by atoms with Crippen LogP contribution in [0.3, 0.4) is 0 Å². The lowest BCUT2D eigenvalue weighted by molar-refractivity contribution is -0.397. The maximum absolute atomic E-state index is 11.2.